The van der Waals surface area contributed by atoms with E-state index in [4.69, 9.17) is 0 Å². The van der Waals surface area contributed by atoms with Crippen LogP contribution in [0.2, 0.25) is 0 Å². The van der Waals surface area contributed by atoms with Crippen molar-refractivity contribution in [2.45, 2.75) is 45.6 Å². The molecule has 1 heterocycles. The van der Waals surface area contributed by atoms with Gasteiger partial charge in [0.2, 0.25) is 5.91 Å². The Bertz CT molecular complexity index is 534. The van der Waals surface area contributed by atoms with Crippen LogP contribution >= 0.6 is 0 Å². The third-order valence-electron chi connectivity index (χ3n) is 4.26. The SMILES string of the molecule is CC(C)NC(=O)CN1CCC[C@@H](CCc2ccc(F)cc2F)C1. The predicted molar refractivity (Wildman–Crippen MR) is 87.1 cm³/mol. The Morgan fingerprint density at radius 2 is 2.17 bits per heavy atom. The Labute approximate surface area is 137 Å². The summed E-state index contributed by atoms with van der Waals surface area (Å²) >= 11 is 0. The van der Waals surface area contributed by atoms with Gasteiger partial charge < -0.3 is 5.32 Å². The monoisotopic (exact) mass is 324 g/mol. The van der Waals surface area contributed by atoms with Crippen LogP contribution in [-0.4, -0.2) is 36.5 Å². The van der Waals surface area contributed by atoms with Crippen molar-refractivity contribution in [1.29, 1.82) is 0 Å². The van der Waals surface area contributed by atoms with Crippen LogP contribution in [-0.2, 0) is 11.2 Å². The summed E-state index contributed by atoms with van der Waals surface area (Å²) in [6.45, 7) is 6.14. The van der Waals surface area contributed by atoms with Gasteiger partial charge in [0.25, 0.3) is 0 Å². The number of rotatable bonds is 6. The van der Waals surface area contributed by atoms with Crippen LogP contribution in [0, 0.1) is 17.6 Å². The molecule has 1 amide bonds. The highest BCUT2D eigenvalue weighted by Crippen LogP contribution is 2.22. The number of likely N-dealkylation sites (tertiary alicyclic amines) is 1. The lowest BCUT2D eigenvalue weighted by Crippen LogP contribution is -2.44. The molecule has 0 spiro atoms. The van der Waals surface area contributed by atoms with Gasteiger partial charge >= 0.3 is 0 Å². The van der Waals surface area contributed by atoms with E-state index in [-0.39, 0.29) is 11.9 Å². The Morgan fingerprint density at radius 1 is 1.39 bits per heavy atom. The van der Waals surface area contributed by atoms with Crippen LogP contribution in [0.25, 0.3) is 0 Å². The molecule has 1 aromatic rings. The lowest BCUT2D eigenvalue weighted by molar-refractivity contribution is -0.123. The van der Waals surface area contributed by atoms with E-state index in [2.05, 4.69) is 10.2 Å². The Hall–Kier alpha value is -1.49. The van der Waals surface area contributed by atoms with E-state index < -0.39 is 11.6 Å². The number of nitrogens with zero attached hydrogens (tertiary/aromatic N) is 1. The predicted octanol–water partition coefficient (Wildman–Crippen LogP) is 3.13. The van der Waals surface area contributed by atoms with Crippen molar-refractivity contribution >= 4 is 5.91 Å². The van der Waals surface area contributed by atoms with E-state index in [0.29, 0.717) is 24.4 Å². The average molecular weight is 324 g/mol. The normalized spacial score (nSPS) is 19.1. The van der Waals surface area contributed by atoms with Gasteiger partial charge in [-0.2, -0.15) is 0 Å². The number of hydrogen-bond donors (Lipinski definition) is 1. The quantitative estimate of drug-likeness (QED) is 0.872. The fourth-order valence-electron chi connectivity index (χ4n) is 3.19. The molecule has 1 N–H and O–H groups in total. The van der Waals surface area contributed by atoms with Gasteiger partial charge in [0.05, 0.1) is 6.54 Å². The highest BCUT2D eigenvalue weighted by Gasteiger charge is 2.22. The van der Waals surface area contributed by atoms with Gasteiger partial charge in [-0.25, -0.2) is 8.78 Å². The second-order valence-electron chi connectivity index (χ2n) is 6.74. The number of carbonyl (C=O) groups is 1. The maximum absolute atomic E-state index is 13.7. The lowest BCUT2D eigenvalue weighted by atomic mass is 9.91. The summed E-state index contributed by atoms with van der Waals surface area (Å²) in [5.74, 6) is -0.481. The third-order valence-corrected chi connectivity index (χ3v) is 4.26. The first-order chi connectivity index (χ1) is 10.9. The molecule has 5 heteroatoms. The number of aryl methyl sites for hydroxylation is 1. The molecule has 0 bridgehead atoms. The van der Waals surface area contributed by atoms with Crippen LogP contribution in [0.3, 0.4) is 0 Å². The highest BCUT2D eigenvalue weighted by molar-refractivity contribution is 5.78. The zero-order chi connectivity index (χ0) is 16.8. The molecule has 0 saturated carbocycles. The fraction of sp³-hybridized carbons (Fsp3) is 0.611. The van der Waals surface area contributed by atoms with Crippen LogP contribution in [0.15, 0.2) is 18.2 Å². The Kier molecular flexibility index (Phi) is 6.51. The zero-order valence-corrected chi connectivity index (χ0v) is 13.9. The summed E-state index contributed by atoms with van der Waals surface area (Å²) in [5.41, 5.74) is 0.570. The van der Waals surface area contributed by atoms with Gasteiger partial charge in [0.1, 0.15) is 11.6 Å². The van der Waals surface area contributed by atoms with Crippen molar-refractivity contribution in [3.05, 3.63) is 35.4 Å². The molecule has 23 heavy (non-hydrogen) atoms. The summed E-state index contributed by atoms with van der Waals surface area (Å²) in [7, 11) is 0. The van der Waals surface area contributed by atoms with Crippen molar-refractivity contribution < 1.29 is 13.6 Å². The molecule has 0 aromatic heterocycles. The number of nitrogens with one attached hydrogen (secondary N) is 1. The molecule has 2 rings (SSSR count). The molecular weight excluding hydrogens is 298 g/mol. The summed E-state index contributed by atoms with van der Waals surface area (Å²) < 4.78 is 26.6. The van der Waals surface area contributed by atoms with E-state index in [1.165, 1.54) is 12.1 Å². The Morgan fingerprint density at radius 3 is 2.87 bits per heavy atom. The number of halogens is 2. The van der Waals surface area contributed by atoms with E-state index in [1.807, 2.05) is 13.8 Å². The third kappa shape index (κ3) is 5.90. The first-order valence-electron chi connectivity index (χ1n) is 8.39. The summed E-state index contributed by atoms with van der Waals surface area (Å²) in [4.78, 5) is 14.0. The van der Waals surface area contributed by atoms with Crippen molar-refractivity contribution in [2.24, 2.45) is 5.92 Å². The van der Waals surface area contributed by atoms with Crippen molar-refractivity contribution in [2.75, 3.05) is 19.6 Å². The summed E-state index contributed by atoms with van der Waals surface area (Å²) in [5, 5.41) is 2.91. The van der Waals surface area contributed by atoms with Gasteiger partial charge in [-0.3, -0.25) is 9.69 Å². The summed E-state index contributed by atoms with van der Waals surface area (Å²) in [6.07, 6.45) is 3.64. The van der Waals surface area contributed by atoms with Gasteiger partial charge in [0, 0.05) is 18.7 Å². The summed E-state index contributed by atoms with van der Waals surface area (Å²) in [6, 6.07) is 3.94. The van der Waals surface area contributed by atoms with E-state index in [1.54, 1.807) is 0 Å². The minimum absolute atomic E-state index is 0.0604. The van der Waals surface area contributed by atoms with Crippen LogP contribution < -0.4 is 5.32 Å². The lowest BCUT2D eigenvalue weighted by Gasteiger charge is -2.32. The van der Waals surface area contributed by atoms with E-state index >= 15 is 0 Å². The van der Waals surface area contributed by atoms with E-state index in [9.17, 15) is 13.6 Å². The van der Waals surface area contributed by atoms with Crippen LogP contribution in [0.5, 0.6) is 0 Å². The van der Waals surface area contributed by atoms with Crippen molar-refractivity contribution in [3.8, 4) is 0 Å². The first-order valence-corrected chi connectivity index (χ1v) is 8.39. The minimum Gasteiger partial charge on any atom is -0.353 e. The minimum atomic E-state index is -0.536. The zero-order valence-electron chi connectivity index (χ0n) is 13.9. The molecule has 0 aliphatic carbocycles. The average Bonchev–Trinajstić information content (AvgIpc) is 2.45. The smallest absolute Gasteiger partial charge is 0.234 e. The van der Waals surface area contributed by atoms with Gasteiger partial charge in [-0.05, 0) is 63.6 Å². The molecule has 3 nitrogen and oxygen atoms in total. The van der Waals surface area contributed by atoms with Crippen molar-refractivity contribution in [1.82, 2.24) is 10.2 Å². The number of hydrogen-bond acceptors (Lipinski definition) is 2. The molecule has 1 atom stereocenters. The van der Waals surface area contributed by atoms with Crippen LogP contribution in [0.1, 0.15) is 38.7 Å². The van der Waals surface area contributed by atoms with Crippen LogP contribution in [0.4, 0.5) is 8.78 Å². The first kappa shape index (κ1) is 17.9. The molecule has 128 valence electrons. The molecular formula is C18H26F2N2O. The van der Waals surface area contributed by atoms with Gasteiger partial charge in [-0.1, -0.05) is 6.07 Å². The maximum atomic E-state index is 13.7. The highest BCUT2D eigenvalue weighted by atomic mass is 19.1. The second-order valence-corrected chi connectivity index (χ2v) is 6.74. The topological polar surface area (TPSA) is 32.3 Å². The standard InChI is InChI=1S/C18H26F2N2O/c1-13(2)21-18(23)12-22-9-3-4-14(11-22)5-6-15-7-8-16(19)10-17(15)20/h7-8,10,13-14H,3-6,9,11-12H2,1-2H3,(H,21,23)/t14-/m0/s1. The molecule has 1 aliphatic heterocycles. The largest absolute Gasteiger partial charge is 0.353 e. The fourth-order valence-corrected chi connectivity index (χ4v) is 3.19. The molecule has 0 radical (unpaired) electrons. The number of benzene rings is 1. The number of amides is 1. The van der Waals surface area contributed by atoms with Crippen molar-refractivity contribution in [3.63, 3.8) is 0 Å². The molecule has 0 unspecified atom stereocenters. The molecule has 1 fully saturated rings. The second kappa shape index (κ2) is 8.39. The van der Waals surface area contributed by atoms with E-state index in [0.717, 1.165) is 38.4 Å². The Balaban J connectivity index is 1.80. The van der Waals surface area contributed by atoms with Gasteiger partial charge in [-0.15, -0.1) is 0 Å². The molecule has 1 saturated heterocycles. The number of piperidine rings is 1. The maximum Gasteiger partial charge on any atom is 0.234 e. The molecule has 1 aromatic carbocycles. The van der Waals surface area contributed by atoms with Gasteiger partial charge in [0.15, 0.2) is 0 Å². The molecule has 1 aliphatic rings. The number of carbonyl (C=O) groups excluding carboxylic acids is 1.